The molecule has 0 aromatic carbocycles. The summed E-state index contributed by atoms with van der Waals surface area (Å²) in [5.74, 6) is -0.367. The minimum absolute atomic E-state index is 0.0751. The van der Waals surface area contributed by atoms with Gasteiger partial charge in [0.05, 0.1) is 6.04 Å². The Hall–Kier alpha value is -1.31. The van der Waals surface area contributed by atoms with Crippen LogP contribution in [0.1, 0.15) is 19.8 Å². The average Bonchev–Trinajstić information content (AvgIpc) is 2.78. The van der Waals surface area contributed by atoms with Crippen LogP contribution >= 0.6 is 0 Å². The second kappa shape index (κ2) is 6.21. The fourth-order valence-electron chi connectivity index (χ4n) is 2.94. The molecule has 120 valence electrons. The van der Waals surface area contributed by atoms with Gasteiger partial charge in [-0.15, -0.1) is 0 Å². The quantitative estimate of drug-likeness (QED) is 0.771. The smallest absolute Gasteiger partial charge is 0.340 e. The molecule has 21 heavy (non-hydrogen) atoms. The molecule has 2 fully saturated rings. The van der Waals surface area contributed by atoms with Gasteiger partial charge in [-0.05, 0) is 6.42 Å². The first-order valence-corrected chi connectivity index (χ1v) is 7.19. The minimum Gasteiger partial charge on any atom is -0.340 e. The standard InChI is InChI=1S/C13H20F3N3O2/c1-2-11(20)18-7-5-17(6-8-18)10-3-4-19(12(10)21)9-13(14,15)16/h10H,2-9H2,1H3. The number of carbonyl (C=O) groups excluding carboxylic acids is 2. The molecule has 0 spiro atoms. The molecule has 2 aliphatic heterocycles. The molecule has 8 heteroatoms. The summed E-state index contributed by atoms with van der Waals surface area (Å²) in [6.07, 6.45) is -3.48. The fraction of sp³-hybridized carbons (Fsp3) is 0.846. The molecule has 0 N–H and O–H groups in total. The number of nitrogens with zero attached hydrogens (tertiary/aromatic N) is 3. The summed E-state index contributed by atoms with van der Waals surface area (Å²) in [5.41, 5.74) is 0. The zero-order chi connectivity index (χ0) is 15.6. The number of amides is 2. The van der Waals surface area contributed by atoms with E-state index in [4.69, 9.17) is 0 Å². The molecule has 5 nitrogen and oxygen atoms in total. The molecular weight excluding hydrogens is 287 g/mol. The highest BCUT2D eigenvalue weighted by molar-refractivity contribution is 5.84. The Kier molecular flexibility index (Phi) is 4.75. The van der Waals surface area contributed by atoms with E-state index in [-0.39, 0.29) is 12.5 Å². The number of piperazine rings is 1. The molecule has 0 aromatic rings. The molecular formula is C13H20F3N3O2. The Balaban J connectivity index is 1.87. The van der Waals surface area contributed by atoms with Gasteiger partial charge >= 0.3 is 6.18 Å². The Bertz CT molecular complexity index is 406. The van der Waals surface area contributed by atoms with Crippen molar-refractivity contribution < 1.29 is 22.8 Å². The van der Waals surface area contributed by atoms with Gasteiger partial charge in [-0.2, -0.15) is 13.2 Å². The van der Waals surface area contributed by atoms with E-state index >= 15 is 0 Å². The van der Waals surface area contributed by atoms with Gasteiger partial charge < -0.3 is 9.80 Å². The molecule has 2 aliphatic rings. The van der Waals surface area contributed by atoms with Crippen molar-refractivity contribution in [1.29, 1.82) is 0 Å². The Morgan fingerprint density at radius 1 is 1.19 bits per heavy atom. The fourth-order valence-corrected chi connectivity index (χ4v) is 2.94. The molecule has 0 radical (unpaired) electrons. The van der Waals surface area contributed by atoms with Crippen LogP contribution in [0.15, 0.2) is 0 Å². The van der Waals surface area contributed by atoms with Crippen LogP contribution in [0.3, 0.4) is 0 Å². The molecule has 2 saturated heterocycles. The zero-order valence-corrected chi connectivity index (χ0v) is 12.0. The van der Waals surface area contributed by atoms with Crippen molar-refractivity contribution in [1.82, 2.24) is 14.7 Å². The molecule has 0 aromatic heterocycles. The van der Waals surface area contributed by atoms with Crippen LogP contribution in [0, 0.1) is 0 Å². The third-order valence-corrected chi connectivity index (χ3v) is 4.05. The summed E-state index contributed by atoms with van der Waals surface area (Å²) < 4.78 is 37.1. The molecule has 0 aliphatic carbocycles. The van der Waals surface area contributed by atoms with Gasteiger partial charge in [0.1, 0.15) is 6.54 Å². The van der Waals surface area contributed by atoms with E-state index in [0.29, 0.717) is 39.0 Å². The van der Waals surface area contributed by atoms with Gasteiger partial charge in [0.15, 0.2) is 0 Å². The van der Waals surface area contributed by atoms with Crippen molar-refractivity contribution in [3.05, 3.63) is 0 Å². The second-order valence-electron chi connectivity index (χ2n) is 5.45. The number of rotatable bonds is 3. The lowest BCUT2D eigenvalue weighted by Gasteiger charge is -2.37. The Labute approximate surface area is 121 Å². The predicted molar refractivity (Wildman–Crippen MR) is 69.5 cm³/mol. The monoisotopic (exact) mass is 307 g/mol. The largest absolute Gasteiger partial charge is 0.406 e. The zero-order valence-electron chi connectivity index (χ0n) is 12.0. The van der Waals surface area contributed by atoms with Crippen LogP contribution in [-0.2, 0) is 9.59 Å². The Morgan fingerprint density at radius 3 is 2.33 bits per heavy atom. The number of likely N-dealkylation sites (tertiary alicyclic amines) is 1. The van der Waals surface area contributed by atoms with E-state index in [1.54, 1.807) is 11.8 Å². The van der Waals surface area contributed by atoms with E-state index in [0.717, 1.165) is 4.90 Å². The van der Waals surface area contributed by atoms with Gasteiger partial charge in [0, 0.05) is 39.1 Å². The van der Waals surface area contributed by atoms with Crippen molar-refractivity contribution in [2.45, 2.75) is 32.0 Å². The van der Waals surface area contributed by atoms with Crippen LogP contribution in [0.2, 0.25) is 0 Å². The normalized spacial score (nSPS) is 24.8. The highest BCUT2D eigenvalue weighted by Crippen LogP contribution is 2.24. The van der Waals surface area contributed by atoms with Gasteiger partial charge in [-0.3, -0.25) is 14.5 Å². The van der Waals surface area contributed by atoms with E-state index in [2.05, 4.69) is 0 Å². The first kappa shape index (κ1) is 16.1. The summed E-state index contributed by atoms with van der Waals surface area (Å²) in [5, 5.41) is 0. The number of hydrogen-bond donors (Lipinski definition) is 0. The minimum atomic E-state index is -4.35. The first-order valence-electron chi connectivity index (χ1n) is 7.19. The van der Waals surface area contributed by atoms with Crippen LogP contribution in [0.4, 0.5) is 13.2 Å². The van der Waals surface area contributed by atoms with Crippen molar-refractivity contribution in [3.8, 4) is 0 Å². The highest BCUT2D eigenvalue weighted by atomic mass is 19.4. The van der Waals surface area contributed by atoms with Crippen LogP contribution in [0.25, 0.3) is 0 Å². The number of hydrogen-bond acceptors (Lipinski definition) is 3. The molecule has 1 unspecified atom stereocenters. The summed E-state index contributed by atoms with van der Waals surface area (Å²) >= 11 is 0. The van der Waals surface area contributed by atoms with E-state index in [1.165, 1.54) is 0 Å². The lowest BCUT2D eigenvalue weighted by Crippen LogP contribution is -2.54. The topological polar surface area (TPSA) is 43.9 Å². The van der Waals surface area contributed by atoms with Crippen LogP contribution < -0.4 is 0 Å². The van der Waals surface area contributed by atoms with E-state index in [1.807, 2.05) is 4.90 Å². The van der Waals surface area contributed by atoms with E-state index < -0.39 is 24.7 Å². The van der Waals surface area contributed by atoms with Crippen LogP contribution in [-0.4, -0.2) is 78.0 Å². The third kappa shape index (κ3) is 3.87. The van der Waals surface area contributed by atoms with Crippen molar-refractivity contribution in [3.63, 3.8) is 0 Å². The molecule has 2 rings (SSSR count). The predicted octanol–water partition coefficient (Wildman–Crippen LogP) is 0.704. The van der Waals surface area contributed by atoms with Crippen LogP contribution in [0.5, 0.6) is 0 Å². The maximum atomic E-state index is 12.4. The molecule has 2 heterocycles. The summed E-state index contributed by atoms with van der Waals surface area (Å²) in [4.78, 5) is 28.2. The number of alkyl halides is 3. The summed E-state index contributed by atoms with van der Waals surface area (Å²) in [6.45, 7) is 2.94. The van der Waals surface area contributed by atoms with Crippen molar-refractivity contribution in [2.75, 3.05) is 39.3 Å². The SMILES string of the molecule is CCC(=O)N1CCN(C2CCN(CC(F)(F)F)C2=O)CC1. The van der Waals surface area contributed by atoms with Crippen molar-refractivity contribution >= 4 is 11.8 Å². The lowest BCUT2D eigenvalue weighted by molar-refractivity contribution is -0.159. The molecule has 0 saturated carbocycles. The molecule has 2 amide bonds. The average molecular weight is 307 g/mol. The van der Waals surface area contributed by atoms with Gasteiger partial charge in [-0.25, -0.2) is 0 Å². The van der Waals surface area contributed by atoms with Gasteiger partial charge in [0.25, 0.3) is 0 Å². The maximum Gasteiger partial charge on any atom is 0.406 e. The molecule has 0 bridgehead atoms. The Morgan fingerprint density at radius 2 is 1.81 bits per heavy atom. The van der Waals surface area contributed by atoms with Gasteiger partial charge in [0.2, 0.25) is 11.8 Å². The second-order valence-corrected chi connectivity index (χ2v) is 5.45. The maximum absolute atomic E-state index is 12.4. The number of carbonyl (C=O) groups is 2. The number of halogens is 3. The summed E-state index contributed by atoms with van der Waals surface area (Å²) in [6, 6.07) is -0.466. The first-order chi connectivity index (χ1) is 9.81. The molecule has 1 atom stereocenters. The van der Waals surface area contributed by atoms with Gasteiger partial charge in [-0.1, -0.05) is 6.92 Å². The lowest BCUT2D eigenvalue weighted by atomic mass is 10.1. The van der Waals surface area contributed by atoms with Crippen molar-refractivity contribution in [2.24, 2.45) is 0 Å². The third-order valence-electron chi connectivity index (χ3n) is 4.05. The highest BCUT2D eigenvalue weighted by Gasteiger charge is 2.42. The van der Waals surface area contributed by atoms with E-state index in [9.17, 15) is 22.8 Å². The summed E-state index contributed by atoms with van der Waals surface area (Å²) in [7, 11) is 0.